The molecule has 2 aromatic rings. The van der Waals surface area contributed by atoms with Gasteiger partial charge in [0.2, 0.25) is 6.10 Å². The number of hydrogen-bond acceptors (Lipinski definition) is 5. The van der Waals surface area contributed by atoms with E-state index >= 15 is 0 Å². The first-order valence-electron chi connectivity index (χ1n) is 8.62. The van der Waals surface area contributed by atoms with Crippen molar-refractivity contribution >= 4 is 23.5 Å². The number of benzene rings is 2. The smallest absolute Gasteiger partial charge is 0.339 e. The molecule has 1 aliphatic heterocycles. The normalized spacial score (nSPS) is 17.1. The van der Waals surface area contributed by atoms with Gasteiger partial charge in [-0.05, 0) is 31.0 Å². The summed E-state index contributed by atoms with van der Waals surface area (Å²) in [6.45, 7) is 0.568. The fourth-order valence-corrected chi connectivity index (χ4v) is 2.82. The zero-order valence-electron chi connectivity index (χ0n) is 14.6. The van der Waals surface area contributed by atoms with E-state index in [9.17, 15) is 14.4 Å². The molecule has 0 saturated carbocycles. The Morgan fingerprint density at radius 2 is 1.89 bits per heavy atom. The minimum Gasteiger partial charge on any atom is -0.444 e. The number of nitrogens with one attached hydrogen (secondary N) is 1. The largest absolute Gasteiger partial charge is 0.444 e. The van der Waals surface area contributed by atoms with Crippen LogP contribution in [0.2, 0.25) is 0 Å². The number of amides is 2. The maximum Gasteiger partial charge on any atom is 0.339 e. The van der Waals surface area contributed by atoms with Gasteiger partial charge in [-0.1, -0.05) is 36.4 Å². The van der Waals surface area contributed by atoms with Crippen LogP contribution in [0.5, 0.6) is 0 Å². The van der Waals surface area contributed by atoms with E-state index in [-0.39, 0.29) is 11.5 Å². The summed E-state index contributed by atoms with van der Waals surface area (Å²) in [5.74, 6) is -1.73. The van der Waals surface area contributed by atoms with Crippen molar-refractivity contribution in [1.82, 2.24) is 0 Å². The molecule has 7 nitrogen and oxygen atoms in total. The number of esters is 1. The fraction of sp³-hybridized carbons (Fsp3) is 0.250. The van der Waals surface area contributed by atoms with Gasteiger partial charge in [0.25, 0.3) is 11.8 Å². The molecule has 0 spiro atoms. The van der Waals surface area contributed by atoms with Crippen molar-refractivity contribution in [2.24, 2.45) is 5.73 Å². The van der Waals surface area contributed by atoms with Crippen molar-refractivity contribution in [1.29, 1.82) is 0 Å². The maximum absolute atomic E-state index is 12.5. The van der Waals surface area contributed by atoms with E-state index in [1.165, 1.54) is 12.1 Å². The standard InChI is InChI=1S/C20H20N2O5/c21-18(23)17(13-6-2-1-3-7-13)27-20(25)14-8-4-9-15(12-14)22-19(24)16-10-5-11-26-16/h1-4,6-9,12,16-17H,5,10-11H2,(H2,21,23)(H,22,24)/t16-,17-/m0/s1. The number of anilines is 1. The van der Waals surface area contributed by atoms with Crippen LogP contribution >= 0.6 is 0 Å². The fourth-order valence-electron chi connectivity index (χ4n) is 2.82. The Labute approximate surface area is 156 Å². The molecule has 1 heterocycles. The Bertz CT molecular complexity index is 831. The van der Waals surface area contributed by atoms with Gasteiger partial charge in [-0.3, -0.25) is 9.59 Å². The third-order valence-corrected chi connectivity index (χ3v) is 4.17. The van der Waals surface area contributed by atoms with E-state index in [2.05, 4.69) is 5.32 Å². The van der Waals surface area contributed by atoms with Gasteiger partial charge in [-0.25, -0.2) is 4.79 Å². The summed E-state index contributed by atoms with van der Waals surface area (Å²) in [6, 6.07) is 14.8. The van der Waals surface area contributed by atoms with E-state index < -0.39 is 24.1 Å². The highest BCUT2D eigenvalue weighted by molar-refractivity contribution is 5.97. The lowest BCUT2D eigenvalue weighted by Gasteiger charge is -2.15. The Hall–Kier alpha value is -3.19. The molecule has 1 saturated heterocycles. The molecule has 3 N–H and O–H groups in total. The molecule has 3 rings (SSSR count). The van der Waals surface area contributed by atoms with Crippen molar-refractivity contribution in [3.05, 3.63) is 65.7 Å². The number of primary amides is 1. The third kappa shape index (κ3) is 4.71. The lowest BCUT2D eigenvalue weighted by molar-refractivity contribution is -0.127. The quantitative estimate of drug-likeness (QED) is 0.760. The van der Waals surface area contributed by atoms with Gasteiger partial charge >= 0.3 is 5.97 Å². The first-order chi connectivity index (χ1) is 13.0. The number of nitrogens with two attached hydrogens (primary N) is 1. The van der Waals surface area contributed by atoms with Gasteiger partial charge in [0.05, 0.1) is 5.56 Å². The Morgan fingerprint density at radius 3 is 2.56 bits per heavy atom. The summed E-state index contributed by atoms with van der Waals surface area (Å²) in [7, 11) is 0. The van der Waals surface area contributed by atoms with Crippen LogP contribution in [0.15, 0.2) is 54.6 Å². The van der Waals surface area contributed by atoms with Crippen molar-refractivity contribution < 1.29 is 23.9 Å². The summed E-state index contributed by atoms with van der Waals surface area (Å²) in [4.78, 5) is 36.3. The molecule has 0 bridgehead atoms. The average molecular weight is 368 g/mol. The highest BCUT2D eigenvalue weighted by atomic mass is 16.5. The molecule has 2 aromatic carbocycles. The second kappa shape index (κ2) is 8.46. The predicted octanol–water partition coefficient (Wildman–Crippen LogP) is 2.19. The number of ether oxygens (including phenoxy) is 2. The van der Waals surface area contributed by atoms with E-state index in [4.69, 9.17) is 15.2 Å². The van der Waals surface area contributed by atoms with Crippen LogP contribution in [0.4, 0.5) is 5.69 Å². The van der Waals surface area contributed by atoms with E-state index in [1.807, 2.05) is 0 Å². The molecule has 7 heteroatoms. The third-order valence-electron chi connectivity index (χ3n) is 4.17. The Balaban J connectivity index is 1.70. The maximum atomic E-state index is 12.5. The molecule has 0 unspecified atom stereocenters. The van der Waals surface area contributed by atoms with E-state index in [0.29, 0.717) is 24.3 Å². The van der Waals surface area contributed by atoms with Crippen molar-refractivity contribution in [2.75, 3.05) is 11.9 Å². The SMILES string of the molecule is NC(=O)[C@@H](OC(=O)c1cccc(NC(=O)[C@@H]2CCCO2)c1)c1ccccc1. The molecule has 2 amide bonds. The molecule has 140 valence electrons. The second-order valence-electron chi connectivity index (χ2n) is 6.17. The summed E-state index contributed by atoms with van der Waals surface area (Å²) < 4.78 is 10.6. The minimum atomic E-state index is -1.19. The highest BCUT2D eigenvalue weighted by Gasteiger charge is 2.25. The predicted molar refractivity (Wildman–Crippen MR) is 97.8 cm³/mol. The van der Waals surface area contributed by atoms with Gasteiger partial charge in [0, 0.05) is 17.9 Å². The summed E-state index contributed by atoms with van der Waals surface area (Å²) in [5, 5.41) is 2.72. The summed E-state index contributed by atoms with van der Waals surface area (Å²) >= 11 is 0. The molecule has 1 fully saturated rings. The van der Waals surface area contributed by atoms with Gasteiger partial charge in [-0.15, -0.1) is 0 Å². The summed E-state index contributed by atoms with van der Waals surface area (Å²) in [5.41, 5.74) is 6.50. The van der Waals surface area contributed by atoms with Crippen LogP contribution in [-0.4, -0.2) is 30.5 Å². The first kappa shape index (κ1) is 18.6. The second-order valence-corrected chi connectivity index (χ2v) is 6.17. The topological polar surface area (TPSA) is 108 Å². The van der Waals surface area contributed by atoms with Crippen LogP contribution in [-0.2, 0) is 19.1 Å². The summed E-state index contributed by atoms with van der Waals surface area (Å²) in [6.07, 6.45) is -0.148. The lowest BCUT2D eigenvalue weighted by atomic mass is 10.1. The molecule has 2 atom stereocenters. The van der Waals surface area contributed by atoms with Gasteiger partial charge in [0.15, 0.2) is 0 Å². The molecule has 1 aliphatic rings. The molecule has 0 aliphatic carbocycles. The van der Waals surface area contributed by atoms with Crippen molar-refractivity contribution in [3.63, 3.8) is 0 Å². The van der Waals surface area contributed by atoms with Crippen LogP contribution < -0.4 is 11.1 Å². The van der Waals surface area contributed by atoms with Crippen molar-refractivity contribution in [2.45, 2.75) is 25.0 Å². The number of carbonyl (C=O) groups excluding carboxylic acids is 3. The molecule has 27 heavy (non-hydrogen) atoms. The van der Waals surface area contributed by atoms with Crippen molar-refractivity contribution in [3.8, 4) is 0 Å². The molecule has 0 radical (unpaired) electrons. The zero-order chi connectivity index (χ0) is 19.2. The van der Waals surface area contributed by atoms with Crippen LogP contribution in [0, 0.1) is 0 Å². The number of carbonyl (C=O) groups is 3. The van der Waals surface area contributed by atoms with E-state index in [1.54, 1.807) is 42.5 Å². The van der Waals surface area contributed by atoms with Gasteiger partial charge in [0.1, 0.15) is 6.10 Å². The first-order valence-corrected chi connectivity index (χ1v) is 8.62. The highest BCUT2D eigenvalue weighted by Crippen LogP contribution is 2.21. The Kier molecular flexibility index (Phi) is 5.83. The molecular formula is C20H20N2O5. The molecule has 0 aromatic heterocycles. The minimum absolute atomic E-state index is 0.197. The van der Waals surface area contributed by atoms with Crippen LogP contribution in [0.3, 0.4) is 0 Å². The lowest BCUT2D eigenvalue weighted by Crippen LogP contribution is -2.27. The zero-order valence-corrected chi connectivity index (χ0v) is 14.6. The van der Waals surface area contributed by atoms with Crippen LogP contribution in [0.1, 0.15) is 34.9 Å². The van der Waals surface area contributed by atoms with Gasteiger partial charge < -0.3 is 20.5 Å². The monoisotopic (exact) mass is 368 g/mol. The number of rotatable bonds is 6. The average Bonchev–Trinajstić information content (AvgIpc) is 3.21. The van der Waals surface area contributed by atoms with E-state index in [0.717, 1.165) is 6.42 Å². The number of hydrogen-bond donors (Lipinski definition) is 2. The Morgan fingerprint density at radius 1 is 1.11 bits per heavy atom. The molecular weight excluding hydrogens is 348 g/mol. The van der Waals surface area contributed by atoms with Crippen LogP contribution in [0.25, 0.3) is 0 Å². The van der Waals surface area contributed by atoms with Gasteiger partial charge in [-0.2, -0.15) is 0 Å².